The zero-order chi connectivity index (χ0) is 23.1. The summed E-state index contributed by atoms with van der Waals surface area (Å²) in [6.07, 6.45) is 4.77. The van der Waals surface area contributed by atoms with E-state index in [0.29, 0.717) is 6.42 Å². The van der Waals surface area contributed by atoms with Crippen molar-refractivity contribution in [3.63, 3.8) is 0 Å². The van der Waals surface area contributed by atoms with Gasteiger partial charge in [-0.15, -0.1) is 0 Å². The largest absolute Gasteiger partial charge is 0.475 e. The molecule has 0 saturated heterocycles. The van der Waals surface area contributed by atoms with Crippen molar-refractivity contribution in [2.75, 3.05) is 0 Å². The van der Waals surface area contributed by atoms with Gasteiger partial charge in [0.15, 0.2) is 0 Å². The lowest BCUT2D eigenvalue weighted by molar-refractivity contribution is -0.123. The van der Waals surface area contributed by atoms with Crippen LogP contribution in [0.15, 0.2) is 61.1 Å². The van der Waals surface area contributed by atoms with Crippen LogP contribution >= 0.6 is 0 Å². The summed E-state index contributed by atoms with van der Waals surface area (Å²) < 4.78 is 0. The molecular formula is C23H27BN4O4. The highest BCUT2D eigenvalue weighted by atomic mass is 16.4. The van der Waals surface area contributed by atoms with Gasteiger partial charge in [-0.25, -0.2) is 4.98 Å². The molecule has 1 aromatic heterocycles. The number of aromatic nitrogens is 2. The number of carbonyl (C=O) groups is 2. The lowest BCUT2D eigenvalue weighted by atomic mass is 9.75. The lowest BCUT2D eigenvalue weighted by Crippen LogP contribution is -2.55. The third-order valence-electron chi connectivity index (χ3n) is 5.13. The van der Waals surface area contributed by atoms with Crippen LogP contribution in [0.3, 0.4) is 0 Å². The van der Waals surface area contributed by atoms with Gasteiger partial charge in [0.05, 0.1) is 12.1 Å². The van der Waals surface area contributed by atoms with Crippen molar-refractivity contribution >= 4 is 29.7 Å². The van der Waals surface area contributed by atoms with Crippen LogP contribution in [0.2, 0.25) is 0 Å². The van der Waals surface area contributed by atoms with Gasteiger partial charge in [-0.05, 0) is 28.7 Å². The van der Waals surface area contributed by atoms with E-state index in [1.807, 2.05) is 56.3 Å². The van der Waals surface area contributed by atoms with Gasteiger partial charge in [0.2, 0.25) is 5.91 Å². The summed E-state index contributed by atoms with van der Waals surface area (Å²) in [6, 6.07) is 12.6. The second-order valence-electron chi connectivity index (χ2n) is 8.12. The lowest BCUT2D eigenvalue weighted by Gasteiger charge is -2.24. The molecule has 0 bridgehead atoms. The maximum atomic E-state index is 13.2. The smallest absolute Gasteiger partial charge is 0.426 e. The van der Waals surface area contributed by atoms with Gasteiger partial charge in [0.1, 0.15) is 11.7 Å². The zero-order valence-corrected chi connectivity index (χ0v) is 18.1. The standard InChI is InChI=1S/C23H27BN4O4/c1-15(2)12-21(24(31)32)28-22(29)19(27-23(30)20-14-25-10-11-26-20)13-17-8-5-7-16-6-3-4-9-18(16)17/h3-11,14-15,19,21,31-32H,12-13H2,1-2H3,(H,27,30)(H,28,29)/t19-,21-/m0/s1. The summed E-state index contributed by atoms with van der Waals surface area (Å²) in [5.41, 5.74) is 0.969. The fourth-order valence-electron chi connectivity index (χ4n) is 3.59. The highest BCUT2D eigenvalue weighted by Crippen LogP contribution is 2.20. The molecule has 0 saturated carbocycles. The molecule has 3 aromatic rings. The second kappa shape index (κ2) is 10.8. The Morgan fingerprint density at radius 2 is 1.78 bits per heavy atom. The number of benzene rings is 2. The van der Waals surface area contributed by atoms with E-state index in [9.17, 15) is 19.6 Å². The SMILES string of the molecule is CC(C)C[C@H](NC(=O)[C@H](Cc1cccc2ccccc12)NC(=O)c1cnccn1)B(O)O. The van der Waals surface area contributed by atoms with Crippen molar-refractivity contribution in [3.8, 4) is 0 Å². The average Bonchev–Trinajstić information content (AvgIpc) is 2.78. The van der Waals surface area contributed by atoms with Crippen LogP contribution in [-0.4, -0.2) is 50.9 Å². The van der Waals surface area contributed by atoms with Gasteiger partial charge in [0, 0.05) is 18.8 Å². The number of amides is 2. The molecule has 0 radical (unpaired) electrons. The molecular weight excluding hydrogens is 407 g/mol. The minimum absolute atomic E-state index is 0.0872. The van der Waals surface area contributed by atoms with Gasteiger partial charge >= 0.3 is 7.12 Å². The Kier molecular flexibility index (Phi) is 7.91. The third kappa shape index (κ3) is 6.12. The van der Waals surface area contributed by atoms with Crippen LogP contribution in [0.4, 0.5) is 0 Å². The Morgan fingerprint density at radius 3 is 2.47 bits per heavy atom. The van der Waals surface area contributed by atoms with Crippen molar-refractivity contribution in [1.29, 1.82) is 0 Å². The summed E-state index contributed by atoms with van der Waals surface area (Å²) in [6.45, 7) is 3.84. The minimum Gasteiger partial charge on any atom is -0.426 e. The first-order chi connectivity index (χ1) is 15.3. The van der Waals surface area contributed by atoms with Crippen LogP contribution in [0.1, 0.15) is 36.3 Å². The van der Waals surface area contributed by atoms with Crippen LogP contribution < -0.4 is 10.6 Å². The number of nitrogens with one attached hydrogen (secondary N) is 2. The molecule has 4 N–H and O–H groups in total. The van der Waals surface area contributed by atoms with Crippen molar-refractivity contribution in [2.45, 2.75) is 38.7 Å². The topological polar surface area (TPSA) is 124 Å². The Balaban J connectivity index is 1.88. The Bertz CT molecular complexity index is 1060. The fraction of sp³-hybridized carbons (Fsp3) is 0.304. The summed E-state index contributed by atoms with van der Waals surface area (Å²) in [4.78, 5) is 33.8. The predicted molar refractivity (Wildman–Crippen MR) is 123 cm³/mol. The number of rotatable bonds is 9. The van der Waals surface area contributed by atoms with Crippen molar-refractivity contribution < 1.29 is 19.6 Å². The van der Waals surface area contributed by atoms with Crippen LogP contribution in [0, 0.1) is 5.92 Å². The van der Waals surface area contributed by atoms with Crippen molar-refractivity contribution in [2.24, 2.45) is 5.92 Å². The molecule has 9 heteroatoms. The van der Waals surface area contributed by atoms with E-state index in [1.165, 1.54) is 18.6 Å². The molecule has 1 heterocycles. The van der Waals surface area contributed by atoms with E-state index in [4.69, 9.17) is 0 Å². The number of carbonyl (C=O) groups excluding carboxylic acids is 2. The second-order valence-corrected chi connectivity index (χ2v) is 8.12. The Morgan fingerprint density at radius 1 is 1.03 bits per heavy atom. The molecule has 2 aromatic carbocycles. The van der Waals surface area contributed by atoms with Crippen LogP contribution in [0.25, 0.3) is 10.8 Å². The molecule has 0 aliphatic rings. The van der Waals surface area contributed by atoms with E-state index in [1.54, 1.807) is 0 Å². The first kappa shape index (κ1) is 23.4. The predicted octanol–water partition coefficient (Wildman–Crippen LogP) is 1.51. The monoisotopic (exact) mass is 434 g/mol. The van der Waals surface area contributed by atoms with Gasteiger partial charge in [-0.3, -0.25) is 14.6 Å². The summed E-state index contributed by atoms with van der Waals surface area (Å²) in [5.74, 6) is -1.77. The highest BCUT2D eigenvalue weighted by Gasteiger charge is 2.30. The van der Waals surface area contributed by atoms with Crippen molar-refractivity contribution in [3.05, 3.63) is 72.3 Å². The molecule has 0 aliphatic heterocycles. The highest BCUT2D eigenvalue weighted by molar-refractivity contribution is 6.43. The van der Waals surface area contributed by atoms with Crippen molar-refractivity contribution in [1.82, 2.24) is 20.6 Å². The first-order valence-electron chi connectivity index (χ1n) is 10.5. The molecule has 2 amide bonds. The average molecular weight is 434 g/mol. The zero-order valence-electron chi connectivity index (χ0n) is 18.1. The van der Waals surface area contributed by atoms with Gasteiger partial charge < -0.3 is 20.7 Å². The molecule has 0 unspecified atom stereocenters. The Hall–Kier alpha value is -3.30. The molecule has 0 spiro atoms. The number of hydrogen-bond donors (Lipinski definition) is 4. The van der Waals surface area contributed by atoms with Crippen LogP contribution in [-0.2, 0) is 11.2 Å². The number of fused-ring (bicyclic) bond motifs is 1. The molecule has 2 atom stereocenters. The number of hydrogen-bond acceptors (Lipinski definition) is 6. The van der Waals surface area contributed by atoms with E-state index in [0.717, 1.165) is 16.3 Å². The maximum Gasteiger partial charge on any atom is 0.475 e. The van der Waals surface area contributed by atoms with Crippen LogP contribution in [0.5, 0.6) is 0 Å². The molecule has 3 rings (SSSR count). The molecule has 0 aliphatic carbocycles. The fourth-order valence-corrected chi connectivity index (χ4v) is 3.59. The summed E-state index contributed by atoms with van der Waals surface area (Å²) >= 11 is 0. The summed E-state index contributed by atoms with van der Waals surface area (Å²) in [7, 11) is -1.71. The summed E-state index contributed by atoms with van der Waals surface area (Å²) in [5, 5.41) is 26.8. The number of nitrogens with zero attached hydrogens (tertiary/aromatic N) is 2. The van der Waals surface area contributed by atoms with Gasteiger partial charge in [-0.1, -0.05) is 56.3 Å². The third-order valence-corrected chi connectivity index (χ3v) is 5.13. The molecule has 8 nitrogen and oxygen atoms in total. The van der Waals surface area contributed by atoms with E-state index in [2.05, 4.69) is 20.6 Å². The van der Waals surface area contributed by atoms with Gasteiger partial charge in [-0.2, -0.15) is 0 Å². The Labute approximate surface area is 187 Å². The molecule has 166 valence electrons. The first-order valence-corrected chi connectivity index (χ1v) is 10.5. The molecule has 0 fully saturated rings. The normalized spacial score (nSPS) is 12.9. The quantitative estimate of drug-likeness (QED) is 0.379. The molecule has 32 heavy (non-hydrogen) atoms. The minimum atomic E-state index is -1.71. The van der Waals surface area contributed by atoms with E-state index >= 15 is 0 Å². The van der Waals surface area contributed by atoms with E-state index < -0.39 is 30.9 Å². The maximum absolute atomic E-state index is 13.2. The van der Waals surface area contributed by atoms with E-state index in [-0.39, 0.29) is 18.0 Å². The van der Waals surface area contributed by atoms with Gasteiger partial charge in [0.25, 0.3) is 5.91 Å².